The Kier molecular flexibility index (Phi) is 6.62. The SMILES string of the molecule is CCCNCCCC(C)N1CCN2CCCCC2C1. The zero-order valence-corrected chi connectivity index (χ0v) is 13.0. The van der Waals surface area contributed by atoms with Gasteiger partial charge < -0.3 is 5.32 Å². The molecule has 0 aromatic heterocycles. The van der Waals surface area contributed by atoms with Gasteiger partial charge in [-0.15, -0.1) is 0 Å². The van der Waals surface area contributed by atoms with E-state index in [1.54, 1.807) is 0 Å². The molecule has 0 amide bonds. The molecular formula is C16H33N3. The third-order valence-corrected chi connectivity index (χ3v) is 4.89. The number of nitrogens with zero attached hydrogens (tertiary/aromatic N) is 2. The van der Waals surface area contributed by atoms with Gasteiger partial charge in [-0.2, -0.15) is 0 Å². The minimum atomic E-state index is 0.771. The molecule has 3 nitrogen and oxygen atoms in total. The molecular weight excluding hydrogens is 234 g/mol. The average Bonchev–Trinajstić information content (AvgIpc) is 2.46. The van der Waals surface area contributed by atoms with E-state index in [4.69, 9.17) is 0 Å². The summed E-state index contributed by atoms with van der Waals surface area (Å²) in [5.41, 5.74) is 0. The highest BCUT2D eigenvalue weighted by atomic mass is 15.3. The lowest BCUT2D eigenvalue weighted by Crippen LogP contribution is -2.56. The van der Waals surface area contributed by atoms with Gasteiger partial charge in [0.1, 0.15) is 0 Å². The summed E-state index contributed by atoms with van der Waals surface area (Å²) in [5, 5.41) is 3.51. The Morgan fingerprint density at radius 3 is 2.89 bits per heavy atom. The Bertz CT molecular complexity index is 244. The normalized spacial score (nSPS) is 27.2. The number of nitrogens with one attached hydrogen (secondary N) is 1. The first-order valence-corrected chi connectivity index (χ1v) is 8.50. The van der Waals surface area contributed by atoms with Crippen LogP contribution in [0.1, 0.15) is 52.4 Å². The maximum Gasteiger partial charge on any atom is 0.0223 e. The second-order valence-electron chi connectivity index (χ2n) is 6.42. The van der Waals surface area contributed by atoms with Crippen molar-refractivity contribution < 1.29 is 0 Å². The van der Waals surface area contributed by atoms with Crippen molar-refractivity contribution in [1.82, 2.24) is 15.1 Å². The number of rotatable bonds is 7. The van der Waals surface area contributed by atoms with Gasteiger partial charge in [0.25, 0.3) is 0 Å². The van der Waals surface area contributed by atoms with Crippen molar-refractivity contribution in [1.29, 1.82) is 0 Å². The van der Waals surface area contributed by atoms with Crippen LogP contribution < -0.4 is 5.32 Å². The molecule has 19 heavy (non-hydrogen) atoms. The van der Waals surface area contributed by atoms with Crippen molar-refractivity contribution in [3.63, 3.8) is 0 Å². The zero-order valence-electron chi connectivity index (χ0n) is 13.0. The molecule has 0 aromatic rings. The van der Waals surface area contributed by atoms with E-state index in [2.05, 4.69) is 29.0 Å². The molecule has 2 heterocycles. The van der Waals surface area contributed by atoms with E-state index in [9.17, 15) is 0 Å². The number of piperazine rings is 1. The van der Waals surface area contributed by atoms with Crippen LogP contribution >= 0.6 is 0 Å². The lowest BCUT2D eigenvalue weighted by molar-refractivity contribution is 0.0290. The summed E-state index contributed by atoms with van der Waals surface area (Å²) in [6.07, 6.45) is 8.23. The molecule has 2 unspecified atom stereocenters. The molecule has 0 aliphatic carbocycles. The smallest absolute Gasteiger partial charge is 0.0223 e. The van der Waals surface area contributed by atoms with Crippen LogP contribution in [0.5, 0.6) is 0 Å². The van der Waals surface area contributed by atoms with Crippen molar-refractivity contribution >= 4 is 0 Å². The molecule has 3 heteroatoms. The molecule has 0 aromatic carbocycles. The molecule has 2 aliphatic rings. The molecule has 2 saturated heterocycles. The third-order valence-electron chi connectivity index (χ3n) is 4.89. The minimum Gasteiger partial charge on any atom is -0.317 e. The monoisotopic (exact) mass is 267 g/mol. The van der Waals surface area contributed by atoms with Gasteiger partial charge in [0.2, 0.25) is 0 Å². The number of hydrogen-bond donors (Lipinski definition) is 1. The number of piperidine rings is 1. The Morgan fingerprint density at radius 2 is 2.05 bits per heavy atom. The highest BCUT2D eigenvalue weighted by molar-refractivity contribution is 4.86. The summed E-state index contributed by atoms with van der Waals surface area (Å²) in [7, 11) is 0. The van der Waals surface area contributed by atoms with E-state index < -0.39 is 0 Å². The topological polar surface area (TPSA) is 18.5 Å². The van der Waals surface area contributed by atoms with Crippen LogP contribution in [-0.2, 0) is 0 Å². The summed E-state index contributed by atoms with van der Waals surface area (Å²) < 4.78 is 0. The van der Waals surface area contributed by atoms with Crippen molar-refractivity contribution in [2.45, 2.75) is 64.5 Å². The van der Waals surface area contributed by atoms with E-state index in [0.717, 1.165) is 12.1 Å². The van der Waals surface area contributed by atoms with Crippen LogP contribution in [0.25, 0.3) is 0 Å². The molecule has 0 saturated carbocycles. The van der Waals surface area contributed by atoms with Crippen LogP contribution in [0.3, 0.4) is 0 Å². The van der Waals surface area contributed by atoms with Crippen molar-refractivity contribution in [2.24, 2.45) is 0 Å². The predicted molar refractivity (Wildman–Crippen MR) is 82.6 cm³/mol. The molecule has 0 radical (unpaired) electrons. The quantitative estimate of drug-likeness (QED) is 0.714. The molecule has 2 atom stereocenters. The van der Waals surface area contributed by atoms with Crippen LogP contribution in [-0.4, -0.2) is 61.2 Å². The van der Waals surface area contributed by atoms with Crippen LogP contribution in [0.2, 0.25) is 0 Å². The van der Waals surface area contributed by atoms with Crippen LogP contribution in [0.15, 0.2) is 0 Å². The molecule has 0 spiro atoms. The molecule has 2 aliphatic heterocycles. The van der Waals surface area contributed by atoms with Gasteiger partial charge in [0, 0.05) is 31.7 Å². The Labute approximate surface area is 119 Å². The van der Waals surface area contributed by atoms with Gasteiger partial charge in [0.05, 0.1) is 0 Å². The fourth-order valence-corrected chi connectivity index (χ4v) is 3.59. The first-order valence-electron chi connectivity index (χ1n) is 8.50. The van der Waals surface area contributed by atoms with Gasteiger partial charge in [-0.05, 0) is 58.7 Å². The van der Waals surface area contributed by atoms with Gasteiger partial charge in [-0.1, -0.05) is 13.3 Å². The standard InChI is InChI=1S/C16H33N3/c1-3-9-17-10-6-7-15(2)19-13-12-18-11-5-4-8-16(18)14-19/h15-17H,3-14H2,1-2H3. The first kappa shape index (κ1) is 15.3. The average molecular weight is 267 g/mol. The summed E-state index contributed by atoms with van der Waals surface area (Å²) in [5.74, 6) is 0. The van der Waals surface area contributed by atoms with E-state index >= 15 is 0 Å². The van der Waals surface area contributed by atoms with Crippen LogP contribution in [0, 0.1) is 0 Å². The predicted octanol–water partition coefficient (Wildman–Crippen LogP) is 2.32. The summed E-state index contributed by atoms with van der Waals surface area (Å²) >= 11 is 0. The summed E-state index contributed by atoms with van der Waals surface area (Å²) in [6.45, 7) is 12.3. The third kappa shape index (κ3) is 4.73. The first-order chi connectivity index (χ1) is 9.31. The van der Waals surface area contributed by atoms with Gasteiger partial charge in [-0.3, -0.25) is 9.80 Å². The number of hydrogen-bond acceptors (Lipinski definition) is 3. The molecule has 2 rings (SSSR count). The van der Waals surface area contributed by atoms with E-state index in [0.29, 0.717) is 0 Å². The van der Waals surface area contributed by atoms with Gasteiger partial charge in [-0.25, -0.2) is 0 Å². The summed E-state index contributed by atoms with van der Waals surface area (Å²) in [6, 6.07) is 1.63. The molecule has 1 N–H and O–H groups in total. The Morgan fingerprint density at radius 1 is 1.16 bits per heavy atom. The lowest BCUT2D eigenvalue weighted by atomic mass is 9.98. The van der Waals surface area contributed by atoms with E-state index in [1.165, 1.54) is 77.8 Å². The molecule has 0 bridgehead atoms. The maximum atomic E-state index is 3.51. The maximum absolute atomic E-state index is 3.51. The Hall–Kier alpha value is -0.120. The summed E-state index contributed by atoms with van der Waals surface area (Å²) in [4.78, 5) is 5.47. The van der Waals surface area contributed by atoms with Crippen LogP contribution in [0.4, 0.5) is 0 Å². The van der Waals surface area contributed by atoms with E-state index in [1.807, 2.05) is 0 Å². The van der Waals surface area contributed by atoms with Gasteiger partial charge in [0.15, 0.2) is 0 Å². The minimum absolute atomic E-state index is 0.771. The van der Waals surface area contributed by atoms with Crippen molar-refractivity contribution in [2.75, 3.05) is 39.3 Å². The zero-order chi connectivity index (χ0) is 13.5. The van der Waals surface area contributed by atoms with Crippen molar-refractivity contribution in [3.8, 4) is 0 Å². The molecule has 112 valence electrons. The van der Waals surface area contributed by atoms with Crippen molar-refractivity contribution in [3.05, 3.63) is 0 Å². The van der Waals surface area contributed by atoms with E-state index in [-0.39, 0.29) is 0 Å². The number of fused-ring (bicyclic) bond motifs is 1. The lowest BCUT2D eigenvalue weighted by Gasteiger charge is -2.46. The fourth-order valence-electron chi connectivity index (χ4n) is 3.59. The Balaban J connectivity index is 1.64. The largest absolute Gasteiger partial charge is 0.317 e. The van der Waals surface area contributed by atoms with Gasteiger partial charge >= 0.3 is 0 Å². The highest BCUT2D eigenvalue weighted by Gasteiger charge is 2.30. The fraction of sp³-hybridized carbons (Fsp3) is 1.00. The second kappa shape index (κ2) is 8.23. The molecule has 2 fully saturated rings. The highest BCUT2D eigenvalue weighted by Crippen LogP contribution is 2.22. The second-order valence-corrected chi connectivity index (χ2v) is 6.42.